The number of anilines is 3. The smallest absolute Gasteiger partial charge is 0.304 e. The number of benzene rings is 6. The predicted octanol–water partition coefficient (Wildman–Crippen LogP) is 8.64. The summed E-state index contributed by atoms with van der Waals surface area (Å²) in [7, 11) is 0. The Labute approximate surface area is 588 Å². The fourth-order valence-electron chi connectivity index (χ4n) is 12.3. The van der Waals surface area contributed by atoms with Crippen LogP contribution in [0.2, 0.25) is 0 Å². The molecule has 18 N–H and O–H groups in total. The minimum absolute atomic E-state index is 0.0329. The summed E-state index contributed by atoms with van der Waals surface area (Å²) >= 11 is 0. The number of nitrogens with zero attached hydrogens (tertiary/aromatic N) is 6. The van der Waals surface area contributed by atoms with Crippen molar-refractivity contribution in [2.24, 2.45) is 17.2 Å². The average Bonchev–Trinajstić information content (AvgIpc) is 1.64. The van der Waals surface area contributed by atoms with Crippen LogP contribution >= 0.6 is 0 Å². The van der Waals surface area contributed by atoms with Gasteiger partial charge >= 0.3 is 12.1 Å². The van der Waals surface area contributed by atoms with Crippen LogP contribution in [0.15, 0.2) is 127 Å². The van der Waals surface area contributed by atoms with Gasteiger partial charge in [-0.15, -0.1) is 0 Å². The number of carbonyl (C=O) groups is 6. The van der Waals surface area contributed by atoms with E-state index >= 15 is 0 Å². The first kappa shape index (κ1) is 75.1. The minimum atomic E-state index is -3.06. The molecule has 3 aliphatic rings. The second kappa shape index (κ2) is 30.9. The maximum atomic E-state index is 13.9. The van der Waals surface area contributed by atoms with Crippen LogP contribution in [0, 0.1) is 38.2 Å². The summed E-state index contributed by atoms with van der Waals surface area (Å²) in [6, 6.07) is 24.0. The monoisotopic (exact) mass is 1440 g/mol. The number of halogens is 9. The molecule has 546 valence electrons. The van der Waals surface area contributed by atoms with Crippen LogP contribution in [-0.2, 0) is 19.6 Å². The number of piperidine rings is 2. The van der Waals surface area contributed by atoms with E-state index in [1.807, 2.05) is 0 Å². The molecule has 6 aromatic carbocycles. The van der Waals surface area contributed by atoms with Gasteiger partial charge in [0.25, 0.3) is 41.4 Å². The Bertz CT molecular complexity index is 4540. The molecule has 0 saturated carbocycles. The molecule has 24 nitrogen and oxygen atoms in total. The van der Waals surface area contributed by atoms with E-state index in [9.17, 15) is 68.3 Å². The molecule has 9 aromatic rings. The van der Waals surface area contributed by atoms with Crippen LogP contribution < -0.4 is 66.3 Å². The number of nitrogens with one attached hydrogen (secondary N) is 6. The standard InChI is InChI=1S/2C24H25F3N6O2.C23H23F3N6O2/c1-13-2-7-16(25)8-18(13)23(35)31-10-14-3-5-15(6-4-14)20-19(22(29)34)21(28)33(32-20)17-9-24(26,27)12-30-11-17;1-13-2-7-16(25)10-18(13)23(35)30-12-14-3-5-15(6-4-14)20-19(22(29)34)21(28)33(32-20)17-8-9-31-24(26,27)11-17;1-12-2-7-15(24)8-17(12)22(34)29-10-13-3-5-14(6-4-13)19-18(21(28)33)20(27)32(31-19)16-9-23(25,26)30-11-16/h2-8,17,30H,9-12,28H2,1H3,(H2,29,34)(H,31,35);2-7,10,17,31H,8-9,11-12,28H2,1H3,(H2,29,34)(H,30,35);2-8,16,30H,9-11,27H2,1H3,(H2,28,33)(H,29,34). The molecule has 3 atom stereocenters. The minimum Gasteiger partial charge on any atom is -0.383 e. The SMILES string of the molecule is Cc1ccc(F)cc1C(=O)NCc1ccc(-c2nn(C3CCNC(F)(F)C3)c(N)c2C(N)=O)cc1.Cc1ccc(F)cc1C(=O)NCc1ccc(-c2nn(C3CNC(F)(F)C3)c(N)c2C(N)=O)cc1.Cc1ccc(F)cc1C(=O)NCc1ccc(-c2nn(C3CNCC(F)(F)C3)c(N)c2C(N)=O)cc1. The van der Waals surface area contributed by atoms with Crippen molar-refractivity contribution in [3.05, 3.63) is 212 Å². The highest BCUT2D eigenvalue weighted by Crippen LogP contribution is 2.39. The molecule has 3 fully saturated rings. The van der Waals surface area contributed by atoms with Crippen LogP contribution in [0.3, 0.4) is 0 Å². The van der Waals surface area contributed by atoms with Crippen LogP contribution in [0.1, 0.15) is 139 Å². The molecule has 0 spiro atoms. The van der Waals surface area contributed by atoms with E-state index < -0.39 is 115 Å². The topological polar surface area (TPSA) is 384 Å². The zero-order valence-corrected chi connectivity index (χ0v) is 56.1. The Kier molecular flexibility index (Phi) is 22.3. The van der Waals surface area contributed by atoms with E-state index in [2.05, 4.69) is 47.2 Å². The van der Waals surface area contributed by atoms with E-state index in [1.165, 1.54) is 68.6 Å². The highest BCUT2D eigenvalue weighted by atomic mass is 19.3. The highest BCUT2D eigenvalue weighted by Gasteiger charge is 2.43. The molecule has 3 unspecified atom stereocenters. The van der Waals surface area contributed by atoms with Gasteiger partial charge in [0, 0.05) is 91.9 Å². The normalized spacial score (nSPS) is 17.1. The molecule has 12 rings (SSSR count). The lowest BCUT2D eigenvalue weighted by atomic mass is 10.0. The maximum Gasteiger partial charge on any atom is 0.304 e. The summed E-state index contributed by atoms with van der Waals surface area (Å²) < 4.78 is 127. The van der Waals surface area contributed by atoms with Crippen molar-refractivity contribution in [2.75, 3.05) is 43.4 Å². The summed E-state index contributed by atoms with van der Waals surface area (Å²) in [5.74, 6) is -8.31. The lowest BCUT2D eigenvalue weighted by Gasteiger charge is -2.30. The van der Waals surface area contributed by atoms with Gasteiger partial charge < -0.3 is 55.7 Å². The van der Waals surface area contributed by atoms with Gasteiger partial charge in [0.2, 0.25) is 0 Å². The molecule has 0 bridgehead atoms. The third-order valence-electron chi connectivity index (χ3n) is 17.7. The number of amides is 6. The van der Waals surface area contributed by atoms with Crippen LogP contribution in [0.5, 0.6) is 0 Å². The molecule has 3 saturated heterocycles. The van der Waals surface area contributed by atoms with Crippen molar-refractivity contribution >= 4 is 52.9 Å². The van der Waals surface area contributed by atoms with Gasteiger partial charge in [-0.3, -0.25) is 39.4 Å². The summed E-state index contributed by atoms with van der Waals surface area (Å²) in [6.45, 7) is 5.50. The zero-order valence-electron chi connectivity index (χ0n) is 56.1. The quantitative estimate of drug-likeness (QED) is 0.0282. The van der Waals surface area contributed by atoms with E-state index in [0.717, 1.165) is 16.7 Å². The number of rotatable bonds is 18. The Hall–Kier alpha value is -11.6. The molecular formula is C71H73F9N18O6. The lowest BCUT2D eigenvalue weighted by molar-refractivity contribution is -0.0726. The van der Waals surface area contributed by atoms with E-state index in [0.29, 0.717) is 39.8 Å². The zero-order chi connectivity index (χ0) is 75.3. The van der Waals surface area contributed by atoms with E-state index in [1.54, 1.807) is 93.6 Å². The van der Waals surface area contributed by atoms with Gasteiger partial charge in [0.1, 0.15) is 68.7 Å². The summed E-state index contributed by atoms with van der Waals surface area (Å²) in [6.07, 6.45) is -1.13. The summed E-state index contributed by atoms with van der Waals surface area (Å²) in [5.41, 5.74) is 41.7. The number of nitrogens with two attached hydrogens (primary N) is 6. The Morgan fingerprint density at radius 3 is 1.08 bits per heavy atom. The molecule has 6 heterocycles. The third kappa shape index (κ3) is 17.5. The van der Waals surface area contributed by atoms with Gasteiger partial charge in [-0.1, -0.05) is 91.0 Å². The number of aryl methyl sites for hydroxylation is 3. The molecule has 104 heavy (non-hydrogen) atoms. The Morgan fingerprint density at radius 2 is 0.769 bits per heavy atom. The molecule has 6 amide bonds. The largest absolute Gasteiger partial charge is 0.383 e. The molecule has 0 aliphatic carbocycles. The van der Waals surface area contributed by atoms with Crippen molar-refractivity contribution in [2.45, 2.75) is 102 Å². The second-order valence-corrected chi connectivity index (χ2v) is 25.3. The number of hydrogen-bond donors (Lipinski definition) is 12. The number of alkyl halides is 6. The van der Waals surface area contributed by atoms with Crippen molar-refractivity contribution < 1.29 is 68.3 Å². The summed E-state index contributed by atoms with van der Waals surface area (Å²) in [4.78, 5) is 73.5. The first-order valence-corrected chi connectivity index (χ1v) is 32.5. The van der Waals surface area contributed by atoms with Crippen LogP contribution in [-0.4, -0.2) is 109 Å². The van der Waals surface area contributed by atoms with Crippen molar-refractivity contribution in [3.8, 4) is 33.8 Å². The van der Waals surface area contributed by atoms with Gasteiger partial charge in [-0.25, -0.2) is 36.0 Å². The number of aromatic nitrogens is 6. The van der Waals surface area contributed by atoms with Crippen LogP contribution in [0.25, 0.3) is 33.8 Å². The fourth-order valence-corrected chi connectivity index (χ4v) is 12.3. The maximum absolute atomic E-state index is 13.9. The lowest BCUT2D eigenvalue weighted by Crippen LogP contribution is -2.45. The predicted molar refractivity (Wildman–Crippen MR) is 368 cm³/mol. The number of primary amides is 3. The molecule has 33 heteroatoms. The highest BCUT2D eigenvalue weighted by molar-refractivity contribution is 6.05. The molecular weight excluding hydrogens is 1370 g/mol. The molecule has 3 aromatic heterocycles. The van der Waals surface area contributed by atoms with Gasteiger partial charge in [-0.05, 0) is 97.0 Å². The van der Waals surface area contributed by atoms with Gasteiger partial charge in [0.05, 0.1) is 24.7 Å². The number of hydrogen-bond acceptors (Lipinski definition) is 15. The first-order chi connectivity index (χ1) is 49.2. The average molecular weight is 1450 g/mol. The Balaban J connectivity index is 0.000000167. The first-order valence-electron chi connectivity index (χ1n) is 32.5. The second-order valence-electron chi connectivity index (χ2n) is 25.3. The summed E-state index contributed by atoms with van der Waals surface area (Å²) in [5, 5.41) is 28.2. The Morgan fingerprint density at radius 1 is 0.452 bits per heavy atom. The van der Waals surface area contributed by atoms with Gasteiger partial charge in [0.15, 0.2) is 0 Å². The van der Waals surface area contributed by atoms with Gasteiger partial charge in [-0.2, -0.15) is 32.9 Å². The van der Waals surface area contributed by atoms with Crippen LogP contribution in [0.4, 0.5) is 57.0 Å². The van der Waals surface area contributed by atoms with Crippen molar-refractivity contribution in [1.29, 1.82) is 0 Å². The van der Waals surface area contributed by atoms with E-state index in [-0.39, 0.29) is 107 Å². The third-order valence-corrected chi connectivity index (χ3v) is 17.7. The molecule has 3 aliphatic heterocycles. The van der Waals surface area contributed by atoms with Crippen molar-refractivity contribution in [3.63, 3.8) is 0 Å². The fraction of sp³-hybridized carbons (Fsp3) is 0.282. The van der Waals surface area contributed by atoms with E-state index in [4.69, 9.17) is 34.4 Å². The number of carbonyl (C=O) groups excluding carboxylic acids is 6. The number of nitrogen functional groups attached to an aromatic ring is 3. The van der Waals surface area contributed by atoms with Crippen molar-refractivity contribution in [1.82, 2.24) is 61.2 Å². The molecule has 0 radical (unpaired) electrons.